The number of aliphatic carboxylic acids is 1. The Morgan fingerprint density at radius 3 is 2.47 bits per heavy atom. The predicted molar refractivity (Wildman–Crippen MR) is 73.3 cm³/mol. The second-order valence-electron chi connectivity index (χ2n) is 4.33. The van der Waals surface area contributed by atoms with E-state index in [0.29, 0.717) is 13.0 Å². The molecule has 5 heteroatoms. The van der Waals surface area contributed by atoms with Crippen LogP contribution in [0.1, 0.15) is 43.9 Å². The summed E-state index contributed by atoms with van der Waals surface area (Å²) < 4.78 is 0. The highest BCUT2D eigenvalue weighted by Crippen LogP contribution is 2.14. The summed E-state index contributed by atoms with van der Waals surface area (Å²) in [6.45, 7) is 0.528. The molecule has 0 aliphatic carbocycles. The summed E-state index contributed by atoms with van der Waals surface area (Å²) in [5, 5.41) is 20.7. The van der Waals surface area contributed by atoms with Crippen LogP contribution < -0.4 is 5.32 Å². The molecule has 1 amide bonds. The number of aromatic hydroxyl groups is 1. The van der Waals surface area contributed by atoms with Gasteiger partial charge < -0.3 is 15.5 Å². The Labute approximate surface area is 113 Å². The lowest BCUT2D eigenvalue weighted by atomic mass is 10.1. The molecule has 0 spiro atoms. The number of nitrogens with one attached hydrogen (secondary N) is 1. The minimum atomic E-state index is -0.771. The molecule has 0 aromatic heterocycles. The molecule has 0 aliphatic rings. The van der Waals surface area contributed by atoms with Crippen LogP contribution in [0.5, 0.6) is 5.75 Å². The molecule has 5 nitrogen and oxygen atoms in total. The summed E-state index contributed by atoms with van der Waals surface area (Å²) in [4.78, 5) is 22.0. The van der Waals surface area contributed by atoms with Crippen molar-refractivity contribution in [1.29, 1.82) is 0 Å². The van der Waals surface area contributed by atoms with E-state index in [0.717, 1.165) is 19.3 Å². The fraction of sp³-hybridized carbons (Fsp3) is 0.429. The number of unbranched alkanes of at least 4 members (excludes halogenated alkanes) is 3. The van der Waals surface area contributed by atoms with Crippen LogP contribution in [-0.2, 0) is 4.79 Å². The number of benzene rings is 1. The van der Waals surface area contributed by atoms with Gasteiger partial charge in [-0.05, 0) is 25.0 Å². The van der Waals surface area contributed by atoms with Gasteiger partial charge in [0.15, 0.2) is 0 Å². The molecule has 19 heavy (non-hydrogen) atoms. The third kappa shape index (κ3) is 5.90. The molecule has 0 saturated carbocycles. The molecular weight excluding hydrogens is 246 g/mol. The third-order valence-electron chi connectivity index (χ3n) is 2.75. The second kappa shape index (κ2) is 8.13. The minimum Gasteiger partial charge on any atom is -0.507 e. The van der Waals surface area contributed by atoms with Crippen molar-refractivity contribution in [3.05, 3.63) is 29.8 Å². The Morgan fingerprint density at radius 2 is 1.79 bits per heavy atom. The average molecular weight is 267 g/mol. The number of phenols is 1. The number of rotatable bonds is 8. The number of carboxylic acid groups (broad SMARTS) is 1. The number of carboxylic acids is 1. The third-order valence-corrected chi connectivity index (χ3v) is 2.75. The first-order chi connectivity index (χ1) is 9.11. The Balaban J connectivity index is 0.00000361. The maximum Gasteiger partial charge on any atom is 0.303 e. The van der Waals surface area contributed by atoms with Gasteiger partial charge in [0.05, 0.1) is 5.56 Å². The molecule has 0 atom stereocenters. The number of para-hydroxylation sites is 1. The molecule has 0 heterocycles. The van der Waals surface area contributed by atoms with Gasteiger partial charge in [-0.15, -0.1) is 0 Å². The molecule has 0 unspecified atom stereocenters. The van der Waals surface area contributed by atoms with E-state index in [1.54, 1.807) is 18.2 Å². The van der Waals surface area contributed by atoms with Crippen molar-refractivity contribution >= 4 is 11.9 Å². The molecule has 106 valence electrons. The number of phenolic OH excluding ortho intramolecular Hbond substituents is 1. The monoisotopic (exact) mass is 267 g/mol. The van der Waals surface area contributed by atoms with Crippen molar-refractivity contribution in [2.45, 2.75) is 32.1 Å². The van der Waals surface area contributed by atoms with Crippen molar-refractivity contribution < 1.29 is 21.2 Å². The Bertz CT molecular complexity index is 437. The van der Waals surface area contributed by atoms with E-state index in [-0.39, 0.29) is 25.1 Å². The number of amides is 1. The highest BCUT2D eigenvalue weighted by atomic mass is 16.4. The zero-order valence-electron chi connectivity index (χ0n) is 10.8. The van der Waals surface area contributed by atoms with E-state index in [2.05, 4.69) is 5.32 Å². The van der Waals surface area contributed by atoms with Gasteiger partial charge in [0.1, 0.15) is 5.75 Å². The van der Waals surface area contributed by atoms with Crippen LogP contribution in [0.4, 0.5) is 0 Å². The number of hydrogen-bond acceptors (Lipinski definition) is 3. The molecule has 0 fully saturated rings. The first-order valence-electron chi connectivity index (χ1n) is 6.39. The van der Waals surface area contributed by atoms with Crippen molar-refractivity contribution in [1.82, 2.24) is 5.32 Å². The summed E-state index contributed by atoms with van der Waals surface area (Å²) >= 11 is 0. The zero-order chi connectivity index (χ0) is 14.1. The highest BCUT2D eigenvalue weighted by Gasteiger charge is 2.08. The zero-order valence-corrected chi connectivity index (χ0v) is 10.8. The number of carbonyl (C=O) groups is 2. The molecule has 0 radical (unpaired) electrons. The summed E-state index contributed by atoms with van der Waals surface area (Å²) in [7, 11) is 0. The lowest BCUT2D eigenvalue weighted by Crippen LogP contribution is -2.24. The summed E-state index contributed by atoms with van der Waals surface area (Å²) in [6.07, 6.45) is 3.40. The van der Waals surface area contributed by atoms with Crippen LogP contribution in [0.3, 0.4) is 0 Å². The van der Waals surface area contributed by atoms with Gasteiger partial charge in [0.25, 0.3) is 5.91 Å². The molecule has 1 aromatic rings. The molecule has 3 N–H and O–H groups in total. The molecule has 1 rings (SSSR count). The van der Waals surface area contributed by atoms with E-state index < -0.39 is 5.97 Å². The Hall–Kier alpha value is -2.04. The molecule has 0 aliphatic heterocycles. The molecular formula is C14H21NO4. The van der Waals surface area contributed by atoms with E-state index in [4.69, 9.17) is 5.11 Å². The predicted octanol–water partition coefficient (Wildman–Crippen LogP) is 2.40. The van der Waals surface area contributed by atoms with Gasteiger partial charge in [-0.3, -0.25) is 9.59 Å². The Morgan fingerprint density at radius 1 is 1.11 bits per heavy atom. The topological polar surface area (TPSA) is 86.6 Å². The maximum atomic E-state index is 11.7. The van der Waals surface area contributed by atoms with Crippen LogP contribution in [0.15, 0.2) is 24.3 Å². The lowest BCUT2D eigenvalue weighted by Gasteiger charge is -2.06. The van der Waals surface area contributed by atoms with Gasteiger partial charge in [0.2, 0.25) is 0 Å². The smallest absolute Gasteiger partial charge is 0.303 e. The van der Waals surface area contributed by atoms with E-state index >= 15 is 0 Å². The standard InChI is InChI=1S/C14H19NO4.H2/c16-12-8-5-4-7-11(12)14(19)15-10-6-2-1-3-9-13(17)18;/h4-5,7-8,16H,1-3,6,9-10H2,(H,15,19)(H,17,18);1H. The normalized spacial score (nSPS) is 10.1. The van der Waals surface area contributed by atoms with Crippen LogP contribution in [0.2, 0.25) is 0 Å². The van der Waals surface area contributed by atoms with Crippen LogP contribution >= 0.6 is 0 Å². The fourth-order valence-corrected chi connectivity index (χ4v) is 1.72. The van der Waals surface area contributed by atoms with Gasteiger partial charge in [-0.1, -0.05) is 25.0 Å². The van der Waals surface area contributed by atoms with Crippen molar-refractivity contribution in [3.63, 3.8) is 0 Å². The summed E-state index contributed by atoms with van der Waals surface area (Å²) in [5.74, 6) is -1.09. The van der Waals surface area contributed by atoms with Gasteiger partial charge in [-0.25, -0.2) is 0 Å². The molecule has 1 aromatic carbocycles. The molecule has 0 saturated heterocycles. The van der Waals surface area contributed by atoms with E-state index in [1.165, 1.54) is 6.07 Å². The van der Waals surface area contributed by atoms with Crippen molar-refractivity contribution in [3.8, 4) is 5.75 Å². The Kier molecular flexibility index (Phi) is 6.43. The van der Waals surface area contributed by atoms with Crippen LogP contribution in [0, 0.1) is 0 Å². The second-order valence-corrected chi connectivity index (χ2v) is 4.33. The number of hydrogen-bond donors (Lipinski definition) is 3. The van der Waals surface area contributed by atoms with E-state index in [1.807, 2.05) is 0 Å². The van der Waals surface area contributed by atoms with Crippen molar-refractivity contribution in [2.24, 2.45) is 0 Å². The van der Waals surface area contributed by atoms with Crippen LogP contribution in [0.25, 0.3) is 0 Å². The first kappa shape index (κ1) is 15.0. The SMILES string of the molecule is O=C(O)CCCCCCNC(=O)c1ccccc1O.[HH]. The largest absolute Gasteiger partial charge is 0.507 e. The van der Waals surface area contributed by atoms with E-state index in [9.17, 15) is 14.7 Å². The van der Waals surface area contributed by atoms with Gasteiger partial charge in [0, 0.05) is 14.4 Å². The maximum absolute atomic E-state index is 11.7. The minimum absolute atomic E-state index is 0. The van der Waals surface area contributed by atoms with Gasteiger partial charge in [-0.2, -0.15) is 0 Å². The van der Waals surface area contributed by atoms with Crippen LogP contribution in [-0.4, -0.2) is 28.6 Å². The highest BCUT2D eigenvalue weighted by molar-refractivity contribution is 5.96. The fourth-order valence-electron chi connectivity index (χ4n) is 1.72. The summed E-state index contributed by atoms with van der Waals surface area (Å²) in [5.41, 5.74) is 0.272. The average Bonchev–Trinajstić information content (AvgIpc) is 2.37. The molecule has 0 bridgehead atoms. The number of carbonyl (C=O) groups excluding carboxylic acids is 1. The van der Waals surface area contributed by atoms with Gasteiger partial charge >= 0.3 is 5.97 Å². The van der Waals surface area contributed by atoms with Crippen molar-refractivity contribution in [2.75, 3.05) is 6.54 Å². The first-order valence-corrected chi connectivity index (χ1v) is 6.39. The quantitative estimate of drug-likeness (QED) is 0.631. The summed E-state index contributed by atoms with van der Waals surface area (Å²) in [6, 6.07) is 6.40. The lowest BCUT2D eigenvalue weighted by molar-refractivity contribution is -0.137.